The van der Waals surface area contributed by atoms with Gasteiger partial charge in [0.2, 0.25) is 5.91 Å². The van der Waals surface area contributed by atoms with E-state index in [1.54, 1.807) is 0 Å². The molecule has 0 atom stereocenters. The van der Waals surface area contributed by atoms with Crippen molar-refractivity contribution in [1.82, 2.24) is 9.88 Å². The molecule has 1 amide bonds. The summed E-state index contributed by atoms with van der Waals surface area (Å²) >= 11 is 0. The van der Waals surface area contributed by atoms with E-state index < -0.39 is 11.6 Å². The number of aromatic nitrogens is 1. The van der Waals surface area contributed by atoms with Gasteiger partial charge in [-0.3, -0.25) is 4.79 Å². The highest BCUT2D eigenvalue weighted by Gasteiger charge is 2.37. The lowest BCUT2D eigenvalue weighted by Gasteiger charge is -2.34. The molecule has 4 rings (SSSR count). The zero-order valence-corrected chi connectivity index (χ0v) is 15.3. The zero-order valence-electron chi connectivity index (χ0n) is 15.3. The molecule has 2 saturated carbocycles. The minimum atomic E-state index is -0.689. The Kier molecular flexibility index (Phi) is 5.23. The Morgan fingerprint density at radius 3 is 2.56 bits per heavy atom. The molecule has 2 aromatic rings. The molecule has 0 radical (unpaired) electrons. The van der Waals surface area contributed by atoms with Crippen molar-refractivity contribution in [1.29, 1.82) is 0 Å². The van der Waals surface area contributed by atoms with E-state index in [9.17, 15) is 13.6 Å². The van der Waals surface area contributed by atoms with Crippen molar-refractivity contribution in [3.05, 3.63) is 41.9 Å². The van der Waals surface area contributed by atoms with Crippen LogP contribution in [0.3, 0.4) is 0 Å². The molecule has 0 aliphatic heterocycles. The summed E-state index contributed by atoms with van der Waals surface area (Å²) in [5, 5.41) is 0. The first-order chi connectivity index (χ1) is 13.1. The predicted octanol–water partition coefficient (Wildman–Crippen LogP) is 4.88. The maximum atomic E-state index is 13.9. The Labute approximate surface area is 157 Å². The largest absolute Gasteiger partial charge is 0.441 e. The topological polar surface area (TPSA) is 46.3 Å². The number of nitrogens with zero attached hydrogens (tertiary/aromatic N) is 2. The number of aryl methyl sites for hydroxylation is 1. The molecule has 6 heteroatoms. The maximum absolute atomic E-state index is 13.9. The van der Waals surface area contributed by atoms with Crippen LogP contribution in [0.15, 0.2) is 28.8 Å². The predicted molar refractivity (Wildman–Crippen MR) is 96.9 cm³/mol. The molecule has 0 N–H and O–H groups in total. The quantitative estimate of drug-likeness (QED) is 0.724. The number of oxazole rings is 1. The Morgan fingerprint density at radius 2 is 1.85 bits per heavy atom. The molecule has 1 heterocycles. The average molecular weight is 374 g/mol. The summed E-state index contributed by atoms with van der Waals surface area (Å²) in [5.41, 5.74) is 0.170. The zero-order chi connectivity index (χ0) is 18.8. The number of benzene rings is 1. The Morgan fingerprint density at radius 1 is 1.11 bits per heavy atom. The van der Waals surface area contributed by atoms with Crippen molar-refractivity contribution in [2.45, 2.75) is 69.9 Å². The molecule has 0 spiro atoms. The number of amides is 1. The summed E-state index contributed by atoms with van der Waals surface area (Å²) < 4.78 is 32.5. The molecule has 144 valence electrons. The Hall–Kier alpha value is -2.24. The summed E-state index contributed by atoms with van der Waals surface area (Å²) in [4.78, 5) is 19.1. The van der Waals surface area contributed by atoms with Crippen LogP contribution in [0, 0.1) is 11.6 Å². The first kappa shape index (κ1) is 18.1. The van der Waals surface area contributed by atoms with Gasteiger partial charge in [0.1, 0.15) is 11.6 Å². The number of hydrogen-bond acceptors (Lipinski definition) is 3. The normalized spacial score (nSPS) is 17.9. The Balaban J connectivity index is 1.39. The van der Waals surface area contributed by atoms with Gasteiger partial charge in [0.25, 0.3) is 0 Å². The summed E-state index contributed by atoms with van der Waals surface area (Å²) in [6.45, 7) is 0. The van der Waals surface area contributed by atoms with E-state index in [0.717, 1.165) is 31.7 Å². The van der Waals surface area contributed by atoms with Gasteiger partial charge in [0.05, 0.1) is 11.8 Å². The van der Waals surface area contributed by atoms with Crippen molar-refractivity contribution in [3.63, 3.8) is 0 Å². The van der Waals surface area contributed by atoms with Crippen molar-refractivity contribution in [2.75, 3.05) is 0 Å². The number of carbonyl (C=O) groups excluding carboxylic acids is 1. The summed E-state index contributed by atoms with van der Waals surface area (Å²) in [6.07, 6.45) is 10.3. The number of halogens is 2. The average Bonchev–Trinajstić information content (AvgIpc) is 3.38. The standard InChI is InChI=1S/C21H24F2N2O2/c22-14-6-9-17(18(23)12-14)19-13-24-20(27-19)10-11-21(26)25(16-7-8-16)15-4-2-1-3-5-15/h6,9,12-13,15-16H,1-5,7-8,10-11H2. The van der Waals surface area contributed by atoms with E-state index >= 15 is 0 Å². The fraction of sp³-hybridized carbons (Fsp3) is 0.524. The highest BCUT2D eigenvalue weighted by atomic mass is 19.1. The smallest absolute Gasteiger partial charge is 0.223 e. The molecule has 4 nitrogen and oxygen atoms in total. The summed E-state index contributed by atoms with van der Waals surface area (Å²) in [5.74, 6) is -0.504. The van der Waals surface area contributed by atoms with Crippen LogP contribution in [0.2, 0.25) is 0 Å². The fourth-order valence-electron chi connectivity index (χ4n) is 4.00. The second kappa shape index (κ2) is 7.79. The lowest BCUT2D eigenvalue weighted by molar-refractivity contribution is -0.135. The Bertz CT molecular complexity index is 810. The molecule has 27 heavy (non-hydrogen) atoms. The van der Waals surface area contributed by atoms with E-state index in [2.05, 4.69) is 9.88 Å². The number of carbonyl (C=O) groups is 1. The SMILES string of the molecule is O=C(CCc1ncc(-c2ccc(F)cc2F)o1)N(C1CCCCC1)C1CC1. The van der Waals surface area contributed by atoms with Gasteiger partial charge >= 0.3 is 0 Å². The van der Waals surface area contributed by atoms with E-state index in [1.165, 1.54) is 37.6 Å². The van der Waals surface area contributed by atoms with E-state index in [1.807, 2.05) is 0 Å². The van der Waals surface area contributed by atoms with E-state index in [-0.39, 0.29) is 17.2 Å². The molecule has 2 fully saturated rings. The molecular formula is C21H24F2N2O2. The van der Waals surface area contributed by atoms with Crippen molar-refractivity contribution in [2.24, 2.45) is 0 Å². The van der Waals surface area contributed by atoms with Crippen molar-refractivity contribution >= 4 is 5.91 Å². The summed E-state index contributed by atoms with van der Waals surface area (Å²) in [7, 11) is 0. The van der Waals surface area contributed by atoms with Crippen molar-refractivity contribution in [3.8, 4) is 11.3 Å². The van der Waals surface area contributed by atoms with Crippen LogP contribution >= 0.6 is 0 Å². The molecule has 2 aliphatic rings. The monoisotopic (exact) mass is 374 g/mol. The van der Waals surface area contributed by atoms with Crippen LogP contribution in [-0.4, -0.2) is 27.9 Å². The van der Waals surface area contributed by atoms with Gasteiger partial charge in [0.15, 0.2) is 11.7 Å². The fourth-order valence-corrected chi connectivity index (χ4v) is 4.00. The molecule has 0 saturated heterocycles. The minimum absolute atomic E-state index is 0.164. The molecular weight excluding hydrogens is 350 g/mol. The molecule has 1 aromatic heterocycles. The lowest BCUT2D eigenvalue weighted by atomic mass is 9.93. The van der Waals surface area contributed by atoms with Gasteiger partial charge in [-0.25, -0.2) is 13.8 Å². The number of hydrogen-bond donors (Lipinski definition) is 0. The van der Waals surface area contributed by atoms with Gasteiger partial charge < -0.3 is 9.32 Å². The second-order valence-electron chi connectivity index (χ2n) is 7.57. The van der Waals surface area contributed by atoms with E-state index in [4.69, 9.17) is 4.42 Å². The lowest BCUT2D eigenvalue weighted by Crippen LogP contribution is -2.43. The van der Waals surface area contributed by atoms with Gasteiger partial charge in [-0.2, -0.15) is 0 Å². The summed E-state index contributed by atoms with van der Waals surface area (Å²) in [6, 6.07) is 4.12. The van der Waals surface area contributed by atoms with Gasteiger partial charge in [-0.05, 0) is 37.8 Å². The van der Waals surface area contributed by atoms with Crippen LogP contribution in [0.1, 0.15) is 57.3 Å². The third-order valence-electron chi connectivity index (χ3n) is 5.50. The second-order valence-corrected chi connectivity index (χ2v) is 7.57. The van der Waals surface area contributed by atoms with Gasteiger partial charge in [-0.1, -0.05) is 19.3 Å². The molecule has 1 aromatic carbocycles. The van der Waals surface area contributed by atoms with Crippen LogP contribution in [0.25, 0.3) is 11.3 Å². The highest BCUT2D eigenvalue weighted by Crippen LogP contribution is 2.34. The van der Waals surface area contributed by atoms with E-state index in [0.29, 0.717) is 30.8 Å². The molecule has 0 unspecified atom stereocenters. The van der Waals surface area contributed by atoms with Crippen LogP contribution in [0.5, 0.6) is 0 Å². The van der Waals surface area contributed by atoms with Gasteiger partial charge in [-0.15, -0.1) is 0 Å². The van der Waals surface area contributed by atoms with Crippen LogP contribution in [0.4, 0.5) is 8.78 Å². The van der Waals surface area contributed by atoms with Crippen LogP contribution in [-0.2, 0) is 11.2 Å². The van der Waals surface area contributed by atoms with Crippen molar-refractivity contribution < 1.29 is 18.0 Å². The number of rotatable bonds is 6. The highest BCUT2D eigenvalue weighted by molar-refractivity contribution is 5.77. The third kappa shape index (κ3) is 4.20. The first-order valence-electron chi connectivity index (χ1n) is 9.83. The van der Waals surface area contributed by atoms with Crippen LogP contribution < -0.4 is 0 Å². The minimum Gasteiger partial charge on any atom is -0.441 e. The molecule has 0 bridgehead atoms. The third-order valence-corrected chi connectivity index (χ3v) is 5.50. The van der Waals surface area contributed by atoms with Gasteiger partial charge in [0, 0.05) is 31.0 Å². The maximum Gasteiger partial charge on any atom is 0.223 e. The molecule has 2 aliphatic carbocycles. The first-order valence-corrected chi connectivity index (χ1v) is 9.83.